The van der Waals surface area contributed by atoms with Crippen molar-refractivity contribution in [2.45, 2.75) is 18.9 Å². The van der Waals surface area contributed by atoms with E-state index in [-0.39, 0.29) is 11.9 Å². The third kappa shape index (κ3) is 3.89. The monoisotopic (exact) mass is 371 g/mol. The van der Waals surface area contributed by atoms with E-state index >= 15 is 0 Å². The van der Waals surface area contributed by atoms with Gasteiger partial charge >= 0.3 is 0 Å². The van der Waals surface area contributed by atoms with Crippen molar-refractivity contribution < 1.29 is 4.79 Å². The molecule has 2 N–H and O–H groups in total. The van der Waals surface area contributed by atoms with Crippen LogP contribution in [0.25, 0.3) is 11.0 Å². The maximum atomic E-state index is 11.9. The van der Waals surface area contributed by atoms with Crippen LogP contribution in [-0.4, -0.2) is 44.9 Å². The number of aromatic nitrogens is 3. The molecule has 140 valence electrons. The zero-order valence-electron chi connectivity index (χ0n) is 15.5. The highest BCUT2D eigenvalue weighted by Crippen LogP contribution is 2.23. The number of carbonyl (C=O) groups is 1. The average Bonchev–Trinajstić information content (AvgIpc) is 3.17. The molecular weight excluding hydrogens is 350 g/mol. The molecule has 28 heavy (non-hydrogen) atoms. The lowest BCUT2D eigenvalue weighted by Gasteiger charge is -2.32. The quantitative estimate of drug-likeness (QED) is 0.548. The molecule has 3 aromatic rings. The number of amides is 1. The largest absolute Gasteiger partial charge is 0.365 e. The van der Waals surface area contributed by atoms with Crippen LogP contribution >= 0.6 is 0 Å². The number of likely N-dealkylation sites (tertiary alicyclic amines) is 1. The van der Waals surface area contributed by atoms with Crippen molar-refractivity contribution in [3.63, 3.8) is 0 Å². The van der Waals surface area contributed by atoms with E-state index in [0.29, 0.717) is 6.54 Å². The van der Waals surface area contributed by atoms with Crippen molar-refractivity contribution in [1.29, 1.82) is 0 Å². The lowest BCUT2D eigenvalue weighted by Crippen LogP contribution is -2.44. The Morgan fingerprint density at radius 1 is 1.29 bits per heavy atom. The number of piperidine rings is 1. The molecule has 2 aromatic heterocycles. The molecule has 6 heteroatoms. The van der Waals surface area contributed by atoms with E-state index in [2.05, 4.69) is 38.7 Å². The van der Waals surface area contributed by atoms with Crippen molar-refractivity contribution in [2.24, 2.45) is 0 Å². The molecule has 1 aliphatic rings. The molecular formula is C22H21N5O. The number of rotatable bonds is 3. The van der Waals surface area contributed by atoms with Crippen LogP contribution in [-0.2, 0) is 4.79 Å². The van der Waals surface area contributed by atoms with Crippen LogP contribution in [0.5, 0.6) is 0 Å². The lowest BCUT2D eigenvalue weighted by molar-refractivity contribution is -0.127. The number of fused-ring (bicyclic) bond motifs is 1. The predicted octanol–water partition coefficient (Wildman–Crippen LogP) is 2.95. The molecule has 4 rings (SSSR count). The fourth-order valence-corrected chi connectivity index (χ4v) is 3.40. The average molecular weight is 371 g/mol. The first-order valence-corrected chi connectivity index (χ1v) is 9.31. The second-order valence-electron chi connectivity index (χ2n) is 6.76. The van der Waals surface area contributed by atoms with E-state index in [1.54, 1.807) is 0 Å². The summed E-state index contributed by atoms with van der Waals surface area (Å²) in [5, 5.41) is 4.37. The van der Waals surface area contributed by atoms with Gasteiger partial charge in [-0.3, -0.25) is 4.79 Å². The summed E-state index contributed by atoms with van der Waals surface area (Å²) in [7, 11) is 0. The molecule has 3 heterocycles. The number of hydrogen-bond acceptors (Lipinski definition) is 4. The van der Waals surface area contributed by atoms with Gasteiger partial charge in [0.1, 0.15) is 17.8 Å². The Morgan fingerprint density at radius 2 is 2.14 bits per heavy atom. The second-order valence-corrected chi connectivity index (χ2v) is 6.76. The Balaban J connectivity index is 1.55. The first kappa shape index (κ1) is 17.8. The van der Waals surface area contributed by atoms with Crippen LogP contribution < -0.4 is 5.32 Å². The summed E-state index contributed by atoms with van der Waals surface area (Å²) in [5.74, 6) is 7.02. The normalized spacial score (nSPS) is 16.3. The molecule has 1 aromatic carbocycles. The minimum absolute atomic E-state index is 0.0283. The molecule has 1 atom stereocenters. The fourth-order valence-electron chi connectivity index (χ4n) is 3.40. The zero-order valence-corrected chi connectivity index (χ0v) is 15.5. The molecule has 0 bridgehead atoms. The minimum atomic E-state index is -0.0283. The Labute approximate surface area is 163 Å². The number of H-pyrrole nitrogens is 1. The lowest BCUT2D eigenvalue weighted by atomic mass is 10.1. The first-order valence-electron chi connectivity index (χ1n) is 9.31. The summed E-state index contributed by atoms with van der Waals surface area (Å²) >= 11 is 0. The number of anilines is 1. The van der Waals surface area contributed by atoms with Crippen molar-refractivity contribution in [1.82, 2.24) is 19.9 Å². The molecule has 0 unspecified atom stereocenters. The maximum Gasteiger partial charge on any atom is 0.246 e. The molecule has 1 amide bonds. The van der Waals surface area contributed by atoms with Crippen LogP contribution in [0.3, 0.4) is 0 Å². The number of carbonyl (C=O) groups excluding carboxylic acids is 1. The Bertz CT molecular complexity index is 1060. The second kappa shape index (κ2) is 7.97. The van der Waals surface area contributed by atoms with Crippen LogP contribution in [0.1, 0.15) is 24.1 Å². The molecule has 6 nitrogen and oxygen atoms in total. The van der Waals surface area contributed by atoms with E-state index in [9.17, 15) is 4.79 Å². The number of nitrogens with zero attached hydrogens (tertiary/aromatic N) is 3. The van der Waals surface area contributed by atoms with Crippen molar-refractivity contribution in [3.8, 4) is 11.8 Å². The zero-order chi connectivity index (χ0) is 19.3. The molecule has 1 aliphatic heterocycles. The van der Waals surface area contributed by atoms with Gasteiger partial charge in [0.2, 0.25) is 5.91 Å². The van der Waals surface area contributed by atoms with Gasteiger partial charge in [0.15, 0.2) is 0 Å². The van der Waals surface area contributed by atoms with Crippen LogP contribution in [0.4, 0.5) is 5.82 Å². The third-order valence-corrected chi connectivity index (χ3v) is 4.79. The molecule has 1 fully saturated rings. The Hall–Kier alpha value is -3.59. The predicted molar refractivity (Wildman–Crippen MR) is 110 cm³/mol. The van der Waals surface area contributed by atoms with Gasteiger partial charge in [-0.1, -0.05) is 30.7 Å². The summed E-state index contributed by atoms with van der Waals surface area (Å²) < 4.78 is 0. The summed E-state index contributed by atoms with van der Waals surface area (Å²) in [6.45, 7) is 4.99. The molecule has 0 aliphatic carbocycles. The summed E-state index contributed by atoms with van der Waals surface area (Å²) in [5.41, 5.74) is 2.49. The van der Waals surface area contributed by atoms with E-state index in [0.717, 1.165) is 47.5 Å². The van der Waals surface area contributed by atoms with Gasteiger partial charge in [0, 0.05) is 24.7 Å². The standard InChI is InChI=1S/C22H21N5O/c1-2-20(28)27-12-6-9-18(14-27)26-22-19-13-17(25-21(19)23-15-24-22)11-10-16-7-4-3-5-8-16/h2-5,7-8,13,15,18H,1,6,9,12,14H2,(H2,23,24,25,26)/t18-/m1/s1. The van der Waals surface area contributed by atoms with E-state index in [4.69, 9.17) is 0 Å². The highest BCUT2D eigenvalue weighted by atomic mass is 16.2. The van der Waals surface area contributed by atoms with E-state index in [1.807, 2.05) is 41.3 Å². The van der Waals surface area contributed by atoms with Gasteiger partial charge in [-0.2, -0.15) is 0 Å². The maximum absolute atomic E-state index is 11.9. The van der Waals surface area contributed by atoms with Gasteiger partial charge in [-0.15, -0.1) is 0 Å². The summed E-state index contributed by atoms with van der Waals surface area (Å²) in [6, 6.07) is 12.0. The first-order chi connectivity index (χ1) is 13.7. The molecule has 1 saturated heterocycles. The van der Waals surface area contributed by atoms with Gasteiger partial charge < -0.3 is 15.2 Å². The minimum Gasteiger partial charge on any atom is -0.365 e. The Kier molecular flexibility index (Phi) is 5.07. The van der Waals surface area contributed by atoms with Crippen molar-refractivity contribution in [2.75, 3.05) is 18.4 Å². The van der Waals surface area contributed by atoms with Crippen molar-refractivity contribution >= 4 is 22.8 Å². The highest BCUT2D eigenvalue weighted by molar-refractivity contribution is 5.89. The van der Waals surface area contributed by atoms with Crippen molar-refractivity contribution in [3.05, 3.63) is 66.6 Å². The summed E-state index contributed by atoms with van der Waals surface area (Å²) in [4.78, 5) is 25.7. The van der Waals surface area contributed by atoms with E-state index < -0.39 is 0 Å². The van der Waals surface area contributed by atoms with Gasteiger partial charge in [-0.25, -0.2) is 9.97 Å². The molecule has 0 spiro atoms. The molecule has 0 saturated carbocycles. The molecule has 0 radical (unpaired) electrons. The van der Waals surface area contributed by atoms with Gasteiger partial charge in [-0.05, 0) is 43.0 Å². The third-order valence-electron chi connectivity index (χ3n) is 4.79. The number of aromatic amines is 1. The van der Waals surface area contributed by atoms with Crippen LogP contribution in [0.15, 0.2) is 55.4 Å². The van der Waals surface area contributed by atoms with Crippen LogP contribution in [0, 0.1) is 11.8 Å². The summed E-state index contributed by atoms with van der Waals surface area (Å²) in [6.07, 6.45) is 4.84. The smallest absolute Gasteiger partial charge is 0.246 e. The fraction of sp³-hybridized carbons (Fsp3) is 0.227. The number of hydrogen-bond donors (Lipinski definition) is 2. The van der Waals surface area contributed by atoms with Crippen LogP contribution in [0.2, 0.25) is 0 Å². The van der Waals surface area contributed by atoms with Gasteiger partial charge in [0.05, 0.1) is 11.1 Å². The van der Waals surface area contributed by atoms with Gasteiger partial charge in [0.25, 0.3) is 0 Å². The Morgan fingerprint density at radius 3 is 2.96 bits per heavy atom. The van der Waals surface area contributed by atoms with E-state index in [1.165, 1.54) is 12.4 Å². The number of nitrogens with one attached hydrogen (secondary N) is 2. The highest BCUT2D eigenvalue weighted by Gasteiger charge is 2.23. The number of benzene rings is 1. The SMILES string of the molecule is C=CC(=O)N1CCC[C@@H](Nc2ncnc3[nH]c(C#Cc4ccccc4)cc23)C1. The topological polar surface area (TPSA) is 73.9 Å².